The molecule has 0 saturated carbocycles. The van der Waals surface area contributed by atoms with Crippen LogP contribution < -0.4 is 5.32 Å². The molecule has 1 amide bonds. The summed E-state index contributed by atoms with van der Waals surface area (Å²) in [6.45, 7) is 2.92. The molecule has 0 heterocycles. The van der Waals surface area contributed by atoms with Gasteiger partial charge in [-0.3, -0.25) is 4.79 Å². The molecule has 0 aliphatic rings. The lowest BCUT2D eigenvalue weighted by Gasteiger charge is -2.25. The molecule has 20 heavy (non-hydrogen) atoms. The maximum atomic E-state index is 12.4. The van der Waals surface area contributed by atoms with Gasteiger partial charge in [0.15, 0.2) is 6.04 Å². The lowest BCUT2D eigenvalue weighted by Crippen LogP contribution is -2.42. The summed E-state index contributed by atoms with van der Waals surface area (Å²) in [6, 6.07) is 8.30. The third kappa shape index (κ3) is 4.64. The van der Waals surface area contributed by atoms with Crippen LogP contribution in [0.4, 0.5) is 4.39 Å². The van der Waals surface area contributed by atoms with Crippen molar-refractivity contribution >= 4 is 11.9 Å². The monoisotopic (exact) mass is 281 g/mol. The molecule has 1 aromatic rings. The van der Waals surface area contributed by atoms with E-state index in [-0.39, 0.29) is 11.8 Å². The van der Waals surface area contributed by atoms with Crippen LogP contribution in [0.5, 0.6) is 0 Å². The second-order valence-corrected chi connectivity index (χ2v) is 5.36. The zero-order valence-electron chi connectivity index (χ0n) is 11.7. The zero-order valence-corrected chi connectivity index (χ0v) is 11.7. The molecule has 1 unspecified atom stereocenters. The van der Waals surface area contributed by atoms with Gasteiger partial charge in [-0.15, -0.1) is 0 Å². The highest BCUT2D eigenvalue weighted by atomic mass is 19.1. The standard InChI is InChI=1S/C15H20FNO3/c1-15(2,11-6-4-3-5-7-11)9-8-13(18)17-12(10-16)14(19)20/h3-7,12H,8-10H2,1-2H3,(H,17,18)(H,19,20). The highest BCUT2D eigenvalue weighted by Gasteiger charge is 2.24. The quantitative estimate of drug-likeness (QED) is 0.805. The number of rotatable bonds is 7. The number of halogens is 1. The van der Waals surface area contributed by atoms with Gasteiger partial charge >= 0.3 is 5.97 Å². The first-order valence-corrected chi connectivity index (χ1v) is 6.50. The molecule has 5 heteroatoms. The van der Waals surface area contributed by atoms with Crippen molar-refractivity contribution in [3.63, 3.8) is 0 Å². The second-order valence-electron chi connectivity index (χ2n) is 5.36. The molecule has 1 rings (SSSR count). The molecule has 0 aliphatic heterocycles. The maximum absolute atomic E-state index is 12.4. The van der Waals surface area contributed by atoms with Crippen LogP contribution in [0, 0.1) is 0 Å². The molecule has 1 atom stereocenters. The van der Waals surface area contributed by atoms with Gasteiger partial charge in [-0.1, -0.05) is 44.2 Å². The van der Waals surface area contributed by atoms with Crippen molar-refractivity contribution in [1.29, 1.82) is 0 Å². The smallest absolute Gasteiger partial charge is 0.328 e. The zero-order chi connectivity index (χ0) is 15.2. The average molecular weight is 281 g/mol. The molecule has 0 fully saturated rings. The molecule has 0 radical (unpaired) electrons. The van der Waals surface area contributed by atoms with Gasteiger partial charge in [0.05, 0.1) is 0 Å². The highest BCUT2D eigenvalue weighted by molar-refractivity contribution is 5.83. The molecular formula is C15H20FNO3. The molecule has 4 nitrogen and oxygen atoms in total. The normalized spacial score (nSPS) is 12.8. The minimum absolute atomic E-state index is 0.158. The van der Waals surface area contributed by atoms with E-state index in [0.717, 1.165) is 5.56 Å². The van der Waals surface area contributed by atoms with Gasteiger partial charge in [-0.25, -0.2) is 9.18 Å². The van der Waals surface area contributed by atoms with E-state index < -0.39 is 24.6 Å². The summed E-state index contributed by atoms with van der Waals surface area (Å²) < 4.78 is 12.4. The third-order valence-electron chi connectivity index (χ3n) is 3.32. The first-order valence-electron chi connectivity index (χ1n) is 6.50. The summed E-state index contributed by atoms with van der Waals surface area (Å²) in [5, 5.41) is 10.9. The van der Waals surface area contributed by atoms with Crippen LogP contribution >= 0.6 is 0 Å². The second kappa shape index (κ2) is 7.03. The van der Waals surface area contributed by atoms with Crippen molar-refractivity contribution in [3.05, 3.63) is 35.9 Å². The number of hydrogen-bond donors (Lipinski definition) is 2. The first kappa shape index (κ1) is 16.1. The Morgan fingerprint density at radius 2 is 1.90 bits per heavy atom. The van der Waals surface area contributed by atoms with Gasteiger partial charge in [0, 0.05) is 6.42 Å². The molecule has 0 spiro atoms. The summed E-state index contributed by atoms with van der Waals surface area (Å²) >= 11 is 0. The number of benzene rings is 1. The number of carbonyl (C=O) groups is 2. The number of alkyl halides is 1. The van der Waals surface area contributed by atoms with Crippen LogP contribution in [0.3, 0.4) is 0 Å². The molecule has 2 N–H and O–H groups in total. The van der Waals surface area contributed by atoms with Gasteiger partial charge in [0.25, 0.3) is 0 Å². The fraction of sp³-hybridized carbons (Fsp3) is 0.467. The number of nitrogens with one attached hydrogen (secondary N) is 1. The minimum atomic E-state index is -1.46. The summed E-state index contributed by atoms with van der Waals surface area (Å²) in [5.74, 6) is -1.80. The van der Waals surface area contributed by atoms with E-state index >= 15 is 0 Å². The Bertz CT molecular complexity index is 459. The van der Waals surface area contributed by atoms with Crippen molar-refractivity contribution in [1.82, 2.24) is 5.32 Å². The van der Waals surface area contributed by atoms with E-state index in [0.29, 0.717) is 6.42 Å². The Labute approximate surface area is 118 Å². The third-order valence-corrected chi connectivity index (χ3v) is 3.32. The molecule has 0 aliphatic carbocycles. The van der Waals surface area contributed by atoms with Crippen LogP contribution in [-0.4, -0.2) is 29.7 Å². The van der Waals surface area contributed by atoms with Crippen molar-refractivity contribution in [2.24, 2.45) is 0 Å². The van der Waals surface area contributed by atoms with E-state index in [1.54, 1.807) is 0 Å². The SMILES string of the molecule is CC(C)(CCC(=O)NC(CF)C(=O)O)c1ccccc1. The summed E-state index contributed by atoms with van der Waals surface area (Å²) in [5.41, 5.74) is 0.903. The van der Waals surface area contributed by atoms with Crippen LogP contribution in [0.2, 0.25) is 0 Å². The highest BCUT2D eigenvalue weighted by Crippen LogP contribution is 2.27. The molecule has 0 aromatic heterocycles. The van der Waals surface area contributed by atoms with Gasteiger partial charge < -0.3 is 10.4 Å². The topological polar surface area (TPSA) is 66.4 Å². The molecule has 0 bridgehead atoms. The Morgan fingerprint density at radius 3 is 2.40 bits per heavy atom. The first-order chi connectivity index (χ1) is 9.36. The fourth-order valence-corrected chi connectivity index (χ4v) is 1.89. The van der Waals surface area contributed by atoms with E-state index in [1.165, 1.54) is 0 Å². The Morgan fingerprint density at radius 1 is 1.30 bits per heavy atom. The Hall–Kier alpha value is -1.91. The molecular weight excluding hydrogens is 261 g/mol. The van der Waals surface area contributed by atoms with Gasteiger partial charge in [-0.2, -0.15) is 0 Å². The predicted octanol–water partition coefficient (Wildman–Crippen LogP) is 2.28. The van der Waals surface area contributed by atoms with Crippen LogP contribution in [0.15, 0.2) is 30.3 Å². The van der Waals surface area contributed by atoms with Crippen LogP contribution in [-0.2, 0) is 15.0 Å². The number of hydrogen-bond acceptors (Lipinski definition) is 2. The van der Waals surface area contributed by atoms with Crippen molar-refractivity contribution in [2.45, 2.75) is 38.1 Å². The van der Waals surface area contributed by atoms with Crippen LogP contribution in [0.25, 0.3) is 0 Å². The van der Waals surface area contributed by atoms with E-state index in [4.69, 9.17) is 5.11 Å². The number of carbonyl (C=O) groups excluding carboxylic acids is 1. The molecule has 110 valence electrons. The molecule has 1 aromatic carbocycles. The van der Waals surface area contributed by atoms with Crippen molar-refractivity contribution < 1.29 is 19.1 Å². The van der Waals surface area contributed by atoms with Crippen molar-refractivity contribution in [2.75, 3.05) is 6.67 Å². The van der Waals surface area contributed by atoms with E-state index in [9.17, 15) is 14.0 Å². The van der Waals surface area contributed by atoms with E-state index in [2.05, 4.69) is 5.32 Å². The Balaban J connectivity index is 2.54. The maximum Gasteiger partial charge on any atom is 0.328 e. The largest absolute Gasteiger partial charge is 0.480 e. The van der Waals surface area contributed by atoms with Crippen LogP contribution in [0.1, 0.15) is 32.3 Å². The fourth-order valence-electron chi connectivity index (χ4n) is 1.89. The predicted molar refractivity (Wildman–Crippen MR) is 74.2 cm³/mol. The lowest BCUT2D eigenvalue weighted by atomic mass is 9.80. The van der Waals surface area contributed by atoms with E-state index in [1.807, 2.05) is 44.2 Å². The van der Waals surface area contributed by atoms with Gasteiger partial charge in [-0.05, 0) is 17.4 Å². The van der Waals surface area contributed by atoms with Gasteiger partial charge in [0.2, 0.25) is 5.91 Å². The summed E-state index contributed by atoms with van der Waals surface area (Å²) in [6.07, 6.45) is 0.715. The summed E-state index contributed by atoms with van der Waals surface area (Å²) in [4.78, 5) is 22.3. The number of carboxylic acid groups (broad SMARTS) is 1. The van der Waals surface area contributed by atoms with Gasteiger partial charge in [0.1, 0.15) is 6.67 Å². The Kier molecular flexibility index (Phi) is 5.67. The average Bonchev–Trinajstić information content (AvgIpc) is 2.43. The van der Waals surface area contributed by atoms with Crippen molar-refractivity contribution in [3.8, 4) is 0 Å². The lowest BCUT2D eigenvalue weighted by molar-refractivity contribution is -0.142. The number of aliphatic carboxylic acids is 1. The summed E-state index contributed by atoms with van der Waals surface area (Å²) in [7, 11) is 0. The number of carboxylic acids is 1. The molecule has 0 saturated heterocycles. The minimum Gasteiger partial charge on any atom is -0.480 e. The number of amides is 1.